The van der Waals surface area contributed by atoms with E-state index in [4.69, 9.17) is 9.84 Å². The lowest BCUT2D eigenvalue weighted by molar-refractivity contribution is 0.0696. The second kappa shape index (κ2) is 4.87. The van der Waals surface area contributed by atoms with Crippen LogP contribution >= 0.6 is 0 Å². The van der Waals surface area contributed by atoms with Crippen LogP contribution in [-0.4, -0.2) is 32.4 Å². The molecule has 0 unspecified atom stereocenters. The van der Waals surface area contributed by atoms with E-state index < -0.39 is 5.97 Å². The summed E-state index contributed by atoms with van der Waals surface area (Å²) in [7, 11) is 0. The Morgan fingerprint density at radius 1 is 1.50 bits per heavy atom. The van der Waals surface area contributed by atoms with Gasteiger partial charge in [0.2, 0.25) is 5.88 Å². The van der Waals surface area contributed by atoms with Crippen molar-refractivity contribution >= 4 is 5.97 Å². The SMILES string of the molecule is CCOc1cccc(-n2cc(C(=O)O)c(C)n2)n1. The zero-order chi connectivity index (χ0) is 13.1. The minimum Gasteiger partial charge on any atom is -0.478 e. The van der Waals surface area contributed by atoms with Gasteiger partial charge in [0.15, 0.2) is 5.82 Å². The first kappa shape index (κ1) is 12.1. The maximum atomic E-state index is 10.9. The minimum absolute atomic E-state index is 0.165. The van der Waals surface area contributed by atoms with E-state index in [2.05, 4.69) is 10.1 Å². The number of carboxylic acids is 1. The van der Waals surface area contributed by atoms with E-state index in [-0.39, 0.29) is 5.56 Å². The molecule has 0 saturated carbocycles. The third-order valence-electron chi connectivity index (χ3n) is 2.37. The second-order valence-electron chi connectivity index (χ2n) is 3.64. The van der Waals surface area contributed by atoms with E-state index in [1.165, 1.54) is 10.9 Å². The molecule has 0 fully saturated rings. The topological polar surface area (TPSA) is 77.2 Å². The first-order chi connectivity index (χ1) is 8.61. The summed E-state index contributed by atoms with van der Waals surface area (Å²) in [5.41, 5.74) is 0.615. The highest BCUT2D eigenvalue weighted by atomic mass is 16.5. The standard InChI is InChI=1S/C12H13N3O3/c1-3-18-11-6-4-5-10(13-11)15-7-9(12(16)17)8(2)14-15/h4-7H,3H2,1-2H3,(H,16,17). The van der Waals surface area contributed by atoms with E-state index >= 15 is 0 Å². The van der Waals surface area contributed by atoms with E-state index in [0.717, 1.165) is 0 Å². The normalized spacial score (nSPS) is 10.3. The molecular formula is C12H13N3O3. The molecule has 2 aromatic rings. The number of nitrogens with zero attached hydrogens (tertiary/aromatic N) is 3. The molecule has 0 radical (unpaired) electrons. The molecular weight excluding hydrogens is 234 g/mol. The molecule has 18 heavy (non-hydrogen) atoms. The summed E-state index contributed by atoms with van der Waals surface area (Å²) in [5.74, 6) is 0.0105. The molecule has 1 N–H and O–H groups in total. The Morgan fingerprint density at radius 2 is 2.28 bits per heavy atom. The average molecular weight is 247 g/mol. The monoisotopic (exact) mass is 247 g/mol. The van der Waals surface area contributed by atoms with Gasteiger partial charge in [-0.25, -0.2) is 9.48 Å². The van der Waals surface area contributed by atoms with Crippen molar-refractivity contribution in [2.45, 2.75) is 13.8 Å². The molecule has 0 aliphatic rings. The lowest BCUT2D eigenvalue weighted by Crippen LogP contribution is -2.01. The van der Waals surface area contributed by atoms with Crippen LogP contribution in [0.3, 0.4) is 0 Å². The summed E-state index contributed by atoms with van der Waals surface area (Å²) in [6.07, 6.45) is 1.44. The van der Waals surface area contributed by atoms with Gasteiger partial charge in [-0.3, -0.25) is 0 Å². The fourth-order valence-electron chi connectivity index (χ4n) is 1.55. The van der Waals surface area contributed by atoms with Crippen molar-refractivity contribution in [3.05, 3.63) is 35.7 Å². The number of aromatic carboxylic acids is 1. The van der Waals surface area contributed by atoms with Crippen molar-refractivity contribution in [3.63, 3.8) is 0 Å². The number of aryl methyl sites for hydroxylation is 1. The number of carbonyl (C=O) groups is 1. The molecule has 6 nitrogen and oxygen atoms in total. The van der Waals surface area contributed by atoms with Crippen molar-refractivity contribution in [2.24, 2.45) is 0 Å². The van der Waals surface area contributed by atoms with Crippen LogP contribution in [0.5, 0.6) is 5.88 Å². The summed E-state index contributed by atoms with van der Waals surface area (Å²) in [5, 5.41) is 13.1. The molecule has 2 aromatic heterocycles. The van der Waals surface area contributed by atoms with E-state index in [9.17, 15) is 4.79 Å². The van der Waals surface area contributed by atoms with Gasteiger partial charge in [0, 0.05) is 12.3 Å². The van der Waals surface area contributed by atoms with Crippen LogP contribution in [0.4, 0.5) is 0 Å². The maximum absolute atomic E-state index is 10.9. The fourth-order valence-corrected chi connectivity index (χ4v) is 1.55. The smallest absolute Gasteiger partial charge is 0.339 e. The third-order valence-corrected chi connectivity index (χ3v) is 2.37. The molecule has 0 amide bonds. The Morgan fingerprint density at radius 3 is 2.89 bits per heavy atom. The van der Waals surface area contributed by atoms with Crippen molar-refractivity contribution in [3.8, 4) is 11.7 Å². The van der Waals surface area contributed by atoms with Gasteiger partial charge >= 0.3 is 5.97 Å². The van der Waals surface area contributed by atoms with Crippen LogP contribution in [0.15, 0.2) is 24.4 Å². The van der Waals surface area contributed by atoms with Gasteiger partial charge in [-0.1, -0.05) is 6.07 Å². The van der Waals surface area contributed by atoms with E-state index in [1.54, 1.807) is 25.1 Å². The highest BCUT2D eigenvalue weighted by Gasteiger charge is 2.13. The number of hydrogen-bond donors (Lipinski definition) is 1. The summed E-state index contributed by atoms with van der Waals surface area (Å²) in [6, 6.07) is 5.26. The highest BCUT2D eigenvalue weighted by molar-refractivity contribution is 5.88. The molecule has 0 aliphatic carbocycles. The predicted octanol–water partition coefficient (Wildman–Crippen LogP) is 1.67. The van der Waals surface area contributed by atoms with Gasteiger partial charge in [-0.2, -0.15) is 10.1 Å². The third kappa shape index (κ3) is 2.32. The van der Waals surface area contributed by atoms with Crippen LogP contribution < -0.4 is 4.74 Å². The number of aromatic nitrogens is 3. The summed E-state index contributed by atoms with van der Waals surface area (Å²) >= 11 is 0. The van der Waals surface area contributed by atoms with Crippen LogP contribution in [0, 0.1) is 6.92 Å². The van der Waals surface area contributed by atoms with Gasteiger partial charge in [-0.05, 0) is 19.9 Å². The fraction of sp³-hybridized carbons (Fsp3) is 0.250. The molecule has 6 heteroatoms. The van der Waals surface area contributed by atoms with E-state index in [1.807, 2.05) is 6.92 Å². The molecule has 0 aromatic carbocycles. The Labute approximate surface area is 104 Å². The van der Waals surface area contributed by atoms with Crippen LogP contribution in [0.1, 0.15) is 23.0 Å². The Kier molecular flexibility index (Phi) is 3.27. The van der Waals surface area contributed by atoms with Crippen molar-refractivity contribution < 1.29 is 14.6 Å². The Balaban J connectivity index is 2.39. The molecule has 0 aliphatic heterocycles. The largest absolute Gasteiger partial charge is 0.478 e. The van der Waals surface area contributed by atoms with Crippen molar-refractivity contribution in [2.75, 3.05) is 6.61 Å². The van der Waals surface area contributed by atoms with Gasteiger partial charge in [0.05, 0.1) is 12.3 Å². The van der Waals surface area contributed by atoms with Crippen molar-refractivity contribution in [1.29, 1.82) is 0 Å². The number of carboxylic acid groups (broad SMARTS) is 1. The van der Waals surface area contributed by atoms with Crippen LogP contribution in [-0.2, 0) is 0 Å². The van der Waals surface area contributed by atoms with Crippen LogP contribution in [0.25, 0.3) is 5.82 Å². The number of pyridine rings is 1. The van der Waals surface area contributed by atoms with Crippen LogP contribution in [0.2, 0.25) is 0 Å². The Bertz CT molecular complexity index is 578. The lowest BCUT2D eigenvalue weighted by Gasteiger charge is -2.04. The molecule has 94 valence electrons. The highest BCUT2D eigenvalue weighted by Crippen LogP contribution is 2.13. The zero-order valence-corrected chi connectivity index (χ0v) is 10.1. The molecule has 0 atom stereocenters. The van der Waals surface area contributed by atoms with Gasteiger partial charge in [0.25, 0.3) is 0 Å². The molecule has 2 rings (SSSR count). The number of hydrogen-bond acceptors (Lipinski definition) is 4. The van der Waals surface area contributed by atoms with Crippen molar-refractivity contribution in [1.82, 2.24) is 14.8 Å². The minimum atomic E-state index is -1.00. The quantitative estimate of drug-likeness (QED) is 0.889. The Hall–Kier alpha value is -2.37. The predicted molar refractivity (Wildman–Crippen MR) is 64.2 cm³/mol. The number of rotatable bonds is 4. The first-order valence-corrected chi connectivity index (χ1v) is 5.51. The first-order valence-electron chi connectivity index (χ1n) is 5.51. The summed E-state index contributed by atoms with van der Waals surface area (Å²) in [4.78, 5) is 15.2. The van der Waals surface area contributed by atoms with Gasteiger partial charge in [-0.15, -0.1) is 0 Å². The second-order valence-corrected chi connectivity index (χ2v) is 3.64. The average Bonchev–Trinajstić information content (AvgIpc) is 2.72. The zero-order valence-electron chi connectivity index (χ0n) is 10.1. The maximum Gasteiger partial charge on any atom is 0.339 e. The molecule has 0 spiro atoms. The summed E-state index contributed by atoms with van der Waals surface area (Å²) < 4.78 is 6.72. The van der Waals surface area contributed by atoms with Gasteiger partial charge in [0.1, 0.15) is 5.56 Å². The number of ether oxygens (including phenoxy) is 1. The molecule has 0 saturated heterocycles. The van der Waals surface area contributed by atoms with Gasteiger partial charge < -0.3 is 9.84 Å². The molecule has 2 heterocycles. The lowest BCUT2D eigenvalue weighted by atomic mass is 10.3. The molecule has 0 bridgehead atoms. The summed E-state index contributed by atoms with van der Waals surface area (Å²) in [6.45, 7) is 4.04. The van der Waals surface area contributed by atoms with E-state index in [0.29, 0.717) is 24.0 Å².